The molecule has 1 aromatic heterocycles. The van der Waals surface area contributed by atoms with Gasteiger partial charge in [-0.3, -0.25) is 9.59 Å². The molecule has 2 aliphatic rings. The van der Waals surface area contributed by atoms with E-state index >= 15 is 0 Å². The average Bonchev–Trinajstić information content (AvgIpc) is 3.18. The fourth-order valence-corrected chi connectivity index (χ4v) is 5.27. The van der Waals surface area contributed by atoms with Gasteiger partial charge in [-0.05, 0) is 48.3 Å². The summed E-state index contributed by atoms with van der Waals surface area (Å²) < 4.78 is 0. The fraction of sp³-hybridized carbons (Fsp3) is 0.500. The summed E-state index contributed by atoms with van der Waals surface area (Å²) in [6.45, 7) is 3.73. The molecule has 5 heteroatoms. The lowest BCUT2D eigenvalue weighted by Crippen LogP contribution is -2.48. The second kappa shape index (κ2) is 9.12. The molecule has 4 rings (SSSR count). The van der Waals surface area contributed by atoms with E-state index in [1.54, 1.807) is 11.3 Å². The summed E-state index contributed by atoms with van der Waals surface area (Å²) in [5.74, 6) is 0.386. The van der Waals surface area contributed by atoms with Gasteiger partial charge in [0.05, 0.1) is 12.6 Å². The Labute approximate surface area is 177 Å². The minimum atomic E-state index is -0.0504. The van der Waals surface area contributed by atoms with Crippen molar-refractivity contribution in [3.05, 3.63) is 57.8 Å². The van der Waals surface area contributed by atoms with Crippen LogP contribution in [-0.2, 0) is 16.0 Å². The number of nitrogens with zero attached hydrogens (tertiary/aromatic N) is 2. The molecule has 0 spiro atoms. The molecule has 1 atom stereocenters. The Hall–Kier alpha value is -2.14. The van der Waals surface area contributed by atoms with Crippen LogP contribution in [0.25, 0.3) is 0 Å². The smallest absolute Gasteiger partial charge is 0.242 e. The van der Waals surface area contributed by atoms with Crippen LogP contribution < -0.4 is 0 Å². The number of carbonyl (C=O) groups is 2. The Morgan fingerprint density at radius 3 is 2.66 bits per heavy atom. The lowest BCUT2D eigenvalue weighted by atomic mass is 9.84. The Balaban J connectivity index is 1.56. The van der Waals surface area contributed by atoms with Crippen LogP contribution in [-0.4, -0.2) is 41.2 Å². The number of thiophene rings is 1. The maximum absolute atomic E-state index is 13.5. The first-order chi connectivity index (χ1) is 14.2. The molecular formula is C24H30N2O2S. The molecule has 1 fully saturated rings. The molecule has 2 aromatic rings. The molecule has 0 N–H and O–H groups in total. The number of carbonyl (C=O) groups excluding carboxylic acids is 2. The molecule has 0 bridgehead atoms. The summed E-state index contributed by atoms with van der Waals surface area (Å²) in [7, 11) is 0. The minimum Gasteiger partial charge on any atom is -0.333 e. The maximum Gasteiger partial charge on any atom is 0.242 e. The highest BCUT2D eigenvalue weighted by Crippen LogP contribution is 2.38. The van der Waals surface area contributed by atoms with E-state index in [0.717, 1.165) is 44.1 Å². The van der Waals surface area contributed by atoms with Gasteiger partial charge < -0.3 is 9.80 Å². The number of unbranched alkanes of at least 4 members (excludes halogenated alkanes) is 1. The van der Waals surface area contributed by atoms with E-state index in [9.17, 15) is 9.59 Å². The highest BCUT2D eigenvalue weighted by atomic mass is 32.1. The molecule has 29 heavy (non-hydrogen) atoms. The van der Waals surface area contributed by atoms with Crippen molar-refractivity contribution in [1.29, 1.82) is 0 Å². The van der Waals surface area contributed by atoms with Crippen molar-refractivity contribution in [3.8, 4) is 0 Å². The van der Waals surface area contributed by atoms with Gasteiger partial charge in [-0.1, -0.05) is 50.1 Å². The number of amides is 2. The summed E-state index contributed by atoms with van der Waals surface area (Å²) in [5.41, 5.74) is 2.39. The van der Waals surface area contributed by atoms with E-state index in [1.165, 1.54) is 10.4 Å². The summed E-state index contributed by atoms with van der Waals surface area (Å²) in [4.78, 5) is 31.6. The molecule has 1 saturated carbocycles. The van der Waals surface area contributed by atoms with Gasteiger partial charge in [-0.2, -0.15) is 0 Å². The van der Waals surface area contributed by atoms with Crippen molar-refractivity contribution < 1.29 is 9.59 Å². The summed E-state index contributed by atoms with van der Waals surface area (Å²) in [5, 5.41) is 2.13. The molecule has 2 heterocycles. The zero-order valence-corrected chi connectivity index (χ0v) is 18.0. The minimum absolute atomic E-state index is 0.0504. The monoisotopic (exact) mass is 410 g/mol. The predicted octanol–water partition coefficient (Wildman–Crippen LogP) is 4.65. The third kappa shape index (κ3) is 4.25. The highest BCUT2D eigenvalue weighted by Gasteiger charge is 2.35. The quantitative estimate of drug-likeness (QED) is 0.667. The number of hydrogen-bond acceptors (Lipinski definition) is 3. The van der Waals surface area contributed by atoms with Gasteiger partial charge in [-0.25, -0.2) is 0 Å². The number of hydrogen-bond donors (Lipinski definition) is 0. The van der Waals surface area contributed by atoms with Gasteiger partial charge in [-0.15, -0.1) is 11.3 Å². The zero-order chi connectivity index (χ0) is 20.2. The van der Waals surface area contributed by atoms with Gasteiger partial charge in [0.1, 0.15) is 0 Å². The van der Waals surface area contributed by atoms with Crippen molar-refractivity contribution in [2.24, 2.45) is 5.92 Å². The third-order valence-corrected chi connectivity index (χ3v) is 7.27. The van der Waals surface area contributed by atoms with Crippen molar-refractivity contribution >= 4 is 23.2 Å². The van der Waals surface area contributed by atoms with Crippen LogP contribution in [0.3, 0.4) is 0 Å². The fourth-order valence-electron chi connectivity index (χ4n) is 4.36. The van der Waals surface area contributed by atoms with E-state index < -0.39 is 0 Å². The van der Waals surface area contributed by atoms with E-state index in [0.29, 0.717) is 13.1 Å². The Kier molecular flexibility index (Phi) is 6.34. The number of fused-ring (bicyclic) bond motifs is 1. The van der Waals surface area contributed by atoms with Gasteiger partial charge in [0.2, 0.25) is 11.8 Å². The SMILES string of the molecule is CCCCN(CC(=O)N1CCc2sccc2C1c1ccccc1)C(=O)C1CCC1. The van der Waals surface area contributed by atoms with Crippen molar-refractivity contribution in [2.45, 2.75) is 51.5 Å². The van der Waals surface area contributed by atoms with Gasteiger partial charge in [0.25, 0.3) is 0 Å². The van der Waals surface area contributed by atoms with E-state index in [2.05, 4.69) is 30.5 Å². The highest BCUT2D eigenvalue weighted by molar-refractivity contribution is 7.10. The van der Waals surface area contributed by atoms with Crippen LogP contribution >= 0.6 is 11.3 Å². The molecule has 2 amide bonds. The van der Waals surface area contributed by atoms with Crippen LogP contribution in [0.1, 0.15) is 61.1 Å². The van der Waals surface area contributed by atoms with Gasteiger partial charge in [0.15, 0.2) is 0 Å². The molecule has 1 unspecified atom stereocenters. The molecule has 0 saturated heterocycles. The standard InChI is InChI=1S/C24H30N2O2S/c1-2-3-14-25(24(28)19-10-7-11-19)17-22(27)26-15-12-21-20(13-16-29-21)23(26)18-8-5-4-6-9-18/h4-6,8-9,13,16,19,23H,2-3,7,10-12,14-15,17H2,1H3. The third-order valence-electron chi connectivity index (χ3n) is 6.28. The van der Waals surface area contributed by atoms with Gasteiger partial charge in [0, 0.05) is 23.9 Å². The number of rotatable bonds is 7. The van der Waals surface area contributed by atoms with Crippen molar-refractivity contribution in [3.63, 3.8) is 0 Å². The molecule has 1 aliphatic heterocycles. The molecule has 4 nitrogen and oxygen atoms in total. The van der Waals surface area contributed by atoms with Crippen LogP contribution in [0.5, 0.6) is 0 Å². The summed E-state index contributed by atoms with van der Waals surface area (Å²) in [6.07, 6.45) is 5.96. The lowest BCUT2D eigenvalue weighted by molar-refractivity contribution is -0.145. The van der Waals surface area contributed by atoms with E-state index in [1.807, 2.05) is 28.0 Å². The van der Waals surface area contributed by atoms with Crippen molar-refractivity contribution in [1.82, 2.24) is 9.80 Å². The molecular weight excluding hydrogens is 380 g/mol. The maximum atomic E-state index is 13.5. The Bertz CT molecular complexity index is 844. The van der Waals surface area contributed by atoms with Gasteiger partial charge >= 0.3 is 0 Å². The molecule has 0 radical (unpaired) electrons. The summed E-state index contributed by atoms with van der Waals surface area (Å²) >= 11 is 1.78. The van der Waals surface area contributed by atoms with E-state index in [4.69, 9.17) is 0 Å². The van der Waals surface area contributed by atoms with Crippen LogP contribution in [0, 0.1) is 5.92 Å². The van der Waals surface area contributed by atoms with Crippen molar-refractivity contribution in [2.75, 3.05) is 19.6 Å². The van der Waals surface area contributed by atoms with E-state index in [-0.39, 0.29) is 30.3 Å². The predicted molar refractivity (Wildman–Crippen MR) is 117 cm³/mol. The molecule has 1 aliphatic carbocycles. The Morgan fingerprint density at radius 1 is 1.17 bits per heavy atom. The normalized spacial score (nSPS) is 18.8. The zero-order valence-electron chi connectivity index (χ0n) is 17.2. The second-order valence-corrected chi connectivity index (χ2v) is 9.19. The van der Waals surface area contributed by atoms with Crippen LogP contribution in [0.2, 0.25) is 0 Å². The van der Waals surface area contributed by atoms with Crippen LogP contribution in [0.4, 0.5) is 0 Å². The Morgan fingerprint density at radius 2 is 1.97 bits per heavy atom. The first-order valence-corrected chi connectivity index (χ1v) is 11.8. The molecule has 1 aromatic carbocycles. The second-order valence-electron chi connectivity index (χ2n) is 8.19. The first kappa shape index (κ1) is 20.1. The average molecular weight is 411 g/mol. The molecule has 154 valence electrons. The lowest BCUT2D eigenvalue weighted by Gasteiger charge is -2.38. The largest absolute Gasteiger partial charge is 0.333 e. The topological polar surface area (TPSA) is 40.6 Å². The number of benzene rings is 1. The van der Waals surface area contributed by atoms with Crippen LogP contribution in [0.15, 0.2) is 41.8 Å². The first-order valence-electron chi connectivity index (χ1n) is 10.9. The summed E-state index contributed by atoms with van der Waals surface area (Å²) in [6, 6.07) is 12.4.